The molecule has 0 unspecified atom stereocenters. The van der Waals surface area contributed by atoms with Crippen LogP contribution in [0.4, 0.5) is 5.69 Å². The van der Waals surface area contributed by atoms with Gasteiger partial charge in [-0.3, -0.25) is 4.98 Å². The highest BCUT2D eigenvalue weighted by Crippen LogP contribution is 2.31. The highest BCUT2D eigenvalue weighted by atomic mass is 16.5. The summed E-state index contributed by atoms with van der Waals surface area (Å²) in [4.78, 5) is 4.32. The molecule has 0 amide bonds. The lowest BCUT2D eigenvalue weighted by molar-refractivity contribution is 0.484. The maximum absolute atomic E-state index is 5.98. The number of benzene rings is 2. The van der Waals surface area contributed by atoms with Crippen molar-refractivity contribution in [3.05, 3.63) is 60.3 Å². The standard InChI is InChI=1S/C16H14N2O/c1-11-10-12(17)7-8-15(11)19-16-6-2-5-14-13(16)4-3-9-18-14/h2-10H,17H2,1H3. The molecule has 3 aromatic rings. The number of rotatable bonds is 2. The van der Waals surface area contributed by atoms with Crippen molar-refractivity contribution in [2.45, 2.75) is 6.92 Å². The highest BCUT2D eigenvalue weighted by Gasteiger charge is 2.05. The lowest BCUT2D eigenvalue weighted by Crippen LogP contribution is -1.91. The Morgan fingerprint density at radius 2 is 1.89 bits per heavy atom. The van der Waals surface area contributed by atoms with Crippen LogP contribution in [0.15, 0.2) is 54.7 Å². The van der Waals surface area contributed by atoms with Crippen LogP contribution in [0.5, 0.6) is 11.5 Å². The molecule has 3 nitrogen and oxygen atoms in total. The molecular weight excluding hydrogens is 236 g/mol. The number of hydrogen-bond donors (Lipinski definition) is 1. The summed E-state index contributed by atoms with van der Waals surface area (Å²) in [6, 6.07) is 15.4. The molecule has 0 aliphatic heterocycles. The Morgan fingerprint density at radius 3 is 2.74 bits per heavy atom. The zero-order valence-corrected chi connectivity index (χ0v) is 10.6. The van der Waals surface area contributed by atoms with Crippen molar-refractivity contribution in [3.63, 3.8) is 0 Å². The molecule has 0 fully saturated rings. The van der Waals surface area contributed by atoms with Crippen LogP contribution in [0.2, 0.25) is 0 Å². The number of pyridine rings is 1. The van der Waals surface area contributed by atoms with Gasteiger partial charge in [-0.15, -0.1) is 0 Å². The number of hydrogen-bond acceptors (Lipinski definition) is 3. The normalized spacial score (nSPS) is 10.6. The molecule has 2 aromatic carbocycles. The molecule has 0 radical (unpaired) electrons. The second-order valence-corrected chi connectivity index (χ2v) is 4.45. The Morgan fingerprint density at radius 1 is 1.00 bits per heavy atom. The fraction of sp³-hybridized carbons (Fsp3) is 0.0625. The first-order valence-corrected chi connectivity index (χ1v) is 6.12. The van der Waals surface area contributed by atoms with Crippen molar-refractivity contribution < 1.29 is 4.74 Å². The molecule has 1 heterocycles. The molecule has 1 aromatic heterocycles. The number of nitrogens with zero attached hydrogens (tertiary/aromatic N) is 1. The second kappa shape index (κ2) is 4.61. The Hall–Kier alpha value is -2.55. The average Bonchev–Trinajstić information content (AvgIpc) is 2.42. The fourth-order valence-electron chi connectivity index (χ4n) is 2.07. The molecule has 3 heteroatoms. The van der Waals surface area contributed by atoms with Gasteiger partial charge in [0, 0.05) is 17.3 Å². The Kier molecular flexibility index (Phi) is 2.80. The molecular formula is C16H14N2O. The van der Waals surface area contributed by atoms with Crippen LogP contribution in [0.3, 0.4) is 0 Å². The van der Waals surface area contributed by atoms with Gasteiger partial charge < -0.3 is 10.5 Å². The number of fused-ring (bicyclic) bond motifs is 1. The fourth-order valence-corrected chi connectivity index (χ4v) is 2.07. The summed E-state index contributed by atoms with van der Waals surface area (Å²) >= 11 is 0. The molecule has 0 saturated heterocycles. The minimum absolute atomic E-state index is 0.740. The van der Waals surface area contributed by atoms with Gasteiger partial charge >= 0.3 is 0 Å². The van der Waals surface area contributed by atoms with Gasteiger partial charge in [0.1, 0.15) is 11.5 Å². The van der Waals surface area contributed by atoms with Crippen molar-refractivity contribution in [1.82, 2.24) is 4.98 Å². The number of aromatic nitrogens is 1. The van der Waals surface area contributed by atoms with E-state index in [-0.39, 0.29) is 0 Å². The van der Waals surface area contributed by atoms with Crippen LogP contribution in [0, 0.1) is 6.92 Å². The molecule has 2 N–H and O–H groups in total. The second-order valence-electron chi connectivity index (χ2n) is 4.45. The molecule has 94 valence electrons. The van der Waals surface area contributed by atoms with Gasteiger partial charge in [0.2, 0.25) is 0 Å². The third-order valence-corrected chi connectivity index (χ3v) is 3.02. The van der Waals surface area contributed by atoms with E-state index in [0.717, 1.165) is 33.7 Å². The zero-order valence-electron chi connectivity index (χ0n) is 10.6. The smallest absolute Gasteiger partial charge is 0.136 e. The molecule has 0 bridgehead atoms. The van der Waals surface area contributed by atoms with Crippen molar-refractivity contribution in [2.75, 3.05) is 5.73 Å². The first-order valence-electron chi connectivity index (χ1n) is 6.12. The third kappa shape index (κ3) is 2.22. The van der Waals surface area contributed by atoms with Crippen LogP contribution in [-0.4, -0.2) is 4.98 Å². The summed E-state index contributed by atoms with van der Waals surface area (Å²) in [5.41, 5.74) is 8.42. The molecule has 0 spiro atoms. The lowest BCUT2D eigenvalue weighted by atomic mass is 10.2. The average molecular weight is 250 g/mol. The summed E-state index contributed by atoms with van der Waals surface area (Å²) in [5.74, 6) is 1.61. The van der Waals surface area contributed by atoms with Gasteiger partial charge in [-0.25, -0.2) is 0 Å². The van der Waals surface area contributed by atoms with E-state index < -0.39 is 0 Å². The largest absolute Gasteiger partial charge is 0.456 e. The van der Waals surface area contributed by atoms with Gasteiger partial charge in [-0.05, 0) is 55.0 Å². The number of ether oxygens (including phenoxy) is 1. The van der Waals surface area contributed by atoms with E-state index in [1.807, 2.05) is 55.5 Å². The first-order chi connectivity index (χ1) is 9.24. The van der Waals surface area contributed by atoms with E-state index in [0.29, 0.717) is 0 Å². The topological polar surface area (TPSA) is 48.1 Å². The van der Waals surface area contributed by atoms with Crippen molar-refractivity contribution in [3.8, 4) is 11.5 Å². The third-order valence-electron chi connectivity index (χ3n) is 3.02. The quantitative estimate of drug-likeness (QED) is 0.701. The van der Waals surface area contributed by atoms with E-state index in [1.165, 1.54) is 0 Å². The number of aryl methyl sites for hydroxylation is 1. The van der Waals surface area contributed by atoms with Gasteiger partial charge in [-0.1, -0.05) is 6.07 Å². The first kappa shape index (κ1) is 11.5. The summed E-state index contributed by atoms with van der Waals surface area (Å²) in [6.07, 6.45) is 1.78. The predicted molar refractivity (Wildman–Crippen MR) is 77.4 cm³/mol. The predicted octanol–water partition coefficient (Wildman–Crippen LogP) is 3.92. The molecule has 3 rings (SSSR count). The van der Waals surface area contributed by atoms with Crippen LogP contribution >= 0.6 is 0 Å². The number of nitrogen functional groups attached to an aromatic ring is 1. The number of anilines is 1. The molecule has 0 aliphatic carbocycles. The zero-order chi connectivity index (χ0) is 13.2. The SMILES string of the molecule is Cc1cc(N)ccc1Oc1cccc2ncccc12. The van der Waals surface area contributed by atoms with E-state index in [1.54, 1.807) is 6.20 Å². The van der Waals surface area contributed by atoms with Gasteiger partial charge in [0.25, 0.3) is 0 Å². The molecule has 0 atom stereocenters. The van der Waals surface area contributed by atoms with Crippen LogP contribution in [-0.2, 0) is 0 Å². The van der Waals surface area contributed by atoms with E-state index in [4.69, 9.17) is 10.5 Å². The minimum Gasteiger partial charge on any atom is -0.456 e. The Balaban J connectivity index is 2.06. The van der Waals surface area contributed by atoms with Gasteiger partial charge in [-0.2, -0.15) is 0 Å². The van der Waals surface area contributed by atoms with Crippen molar-refractivity contribution in [1.29, 1.82) is 0 Å². The van der Waals surface area contributed by atoms with Crippen molar-refractivity contribution >= 4 is 16.6 Å². The van der Waals surface area contributed by atoms with Gasteiger partial charge in [0.15, 0.2) is 0 Å². The maximum atomic E-state index is 5.98. The summed E-state index contributed by atoms with van der Waals surface area (Å²) in [5, 5.41) is 1.00. The monoisotopic (exact) mass is 250 g/mol. The van der Waals surface area contributed by atoms with Gasteiger partial charge in [0.05, 0.1) is 5.52 Å². The van der Waals surface area contributed by atoms with Crippen LogP contribution < -0.4 is 10.5 Å². The molecule has 0 saturated carbocycles. The van der Waals surface area contributed by atoms with Crippen LogP contribution in [0.25, 0.3) is 10.9 Å². The van der Waals surface area contributed by atoms with Crippen molar-refractivity contribution in [2.24, 2.45) is 0 Å². The van der Waals surface area contributed by atoms with E-state index in [9.17, 15) is 0 Å². The summed E-state index contributed by atoms with van der Waals surface area (Å²) in [6.45, 7) is 1.98. The minimum atomic E-state index is 0.740. The summed E-state index contributed by atoms with van der Waals surface area (Å²) < 4.78 is 5.98. The summed E-state index contributed by atoms with van der Waals surface area (Å²) in [7, 11) is 0. The molecule has 19 heavy (non-hydrogen) atoms. The Labute approximate surface area is 111 Å². The van der Waals surface area contributed by atoms with E-state index in [2.05, 4.69) is 4.98 Å². The molecule has 0 aliphatic rings. The van der Waals surface area contributed by atoms with Crippen LogP contribution in [0.1, 0.15) is 5.56 Å². The maximum Gasteiger partial charge on any atom is 0.136 e. The number of nitrogens with two attached hydrogens (primary N) is 1. The Bertz CT molecular complexity index is 732. The lowest BCUT2D eigenvalue weighted by Gasteiger charge is -2.11. The van der Waals surface area contributed by atoms with E-state index >= 15 is 0 Å². The highest BCUT2D eigenvalue weighted by molar-refractivity contribution is 5.85.